The number of anilines is 1. The summed E-state index contributed by atoms with van der Waals surface area (Å²) in [6.45, 7) is 11.1. The minimum atomic E-state index is -0.162. The number of rotatable bonds is 11. The Hall–Kier alpha value is -2.86. The van der Waals surface area contributed by atoms with Crippen molar-refractivity contribution < 1.29 is 14.3 Å². The van der Waals surface area contributed by atoms with Crippen molar-refractivity contribution in [1.29, 1.82) is 0 Å². The van der Waals surface area contributed by atoms with Crippen molar-refractivity contribution >= 4 is 11.6 Å². The summed E-state index contributed by atoms with van der Waals surface area (Å²) in [5, 5.41) is 4.47. The maximum atomic E-state index is 12.4. The van der Waals surface area contributed by atoms with Gasteiger partial charge in [0.25, 0.3) is 0 Å². The second kappa shape index (κ2) is 9.73. The lowest BCUT2D eigenvalue weighted by molar-refractivity contribution is 0.104. The fraction of sp³-hybridized carbons (Fsp3) is 0.333. The van der Waals surface area contributed by atoms with Gasteiger partial charge < -0.3 is 14.4 Å². The molecule has 0 amide bonds. The van der Waals surface area contributed by atoms with Crippen LogP contribution in [0.15, 0.2) is 55.8 Å². The monoisotopic (exact) mass is 369 g/mol. The van der Waals surface area contributed by atoms with Crippen molar-refractivity contribution in [2.45, 2.75) is 19.5 Å². The highest BCUT2D eigenvalue weighted by Crippen LogP contribution is 2.25. The number of carbonyl (C=O) groups excluding carboxylic acids is 1. The first kappa shape index (κ1) is 20.5. The Balaban J connectivity index is 2.46. The van der Waals surface area contributed by atoms with Gasteiger partial charge in [-0.1, -0.05) is 24.8 Å². The molecule has 0 spiro atoms. The molecule has 2 rings (SSSR count). The maximum absolute atomic E-state index is 12.4. The number of hydrogen-bond acceptors (Lipinski definition) is 5. The van der Waals surface area contributed by atoms with Crippen LogP contribution in [0.1, 0.15) is 22.8 Å². The number of ketones is 1. The van der Waals surface area contributed by atoms with E-state index in [9.17, 15) is 4.79 Å². The van der Waals surface area contributed by atoms with Crippen LogP contribution in [-0.2, 0) is 11.3 Å². The van der Waals surface area contributed by atoms with Crippen molar-refractivity contribution in [3.8, 4) is 5.75 Å². The highest BCUT2D eigenvalue weighted by Gasteiger charge is 2.24. The largest absolute Gasteiger partial charge is 0.497 e. The number of carbonyl (C=O) groups is 1. The molecule has 0 radical (unpaired) electrons. The number of methoxy groups -OCH3 is 2. The third-order valence-electron chi connectivity index (χ3n) is 4.29. The van der Waals surface area contributed by atoms with Gasteiger partial charge in [0.1, 0.15) is 11.6 Å². The second-order valence-corrected chi connectivity index (χ2v) is 6.20. The quantitative estimate of drug-likeness (QED) is 0.345. The Bertz CT molecular complexity index is 780. The Kier molecular flexibility index (Phi) is 7.37. The van der Waals surface area contributed by atoms with Gasteiger partial charge in [0.2, 0.25) is 0 Å². The van der Waals surface area contributed by atoms with Crippen molar-refractivity contribution in [1.82, 2.24) is 9.78 Å². The summed E-state index contributed by atoms with van der Waals surface area (Å²) >= 11 is 0. The van der Waals surface area contributed by atoms with E-state index in [0.29, 0.717) is 25.3 Å². The van der Waals surface area contributed by atoms with E-state index in [0.717, 1.165) is 17.1 Å². The molecule has 6 heteroatoms. The van der Waals surface area contributed by atoms with Gasteiger partial charge in [-0.15, -0.1) is 6.58 Å². The van der Waals surface area contributed by atoms with Gasteiger partial charge in [0.05, 0.1) is 38.1 Å². The van der Waals surface area contributed by atoms with E-state index in [4.69, 9.17) is 9.47 Å². The fourth-order valence-corrected chi connectivity index (χ4v) is 2.93. The van der Waals surface area contributed by atoms with Crippen LogP contribution >= 0.6 is 0 Å². The maximum Gasteiger partial charge on any atom is 0.190 e. The van der Waals surface area contributed by atoms with Crippen molar-refractivity contribution in [2.24, 2.45) is 0 Å². The van der Waals surface area contributed by atoms with E-state index in [1.54, 1.807) is 26.5 Å². The van der Waals surface area contributed by atoms with Gasteiger partial charge in [-0.2, -0.15) is 5.10 Å². The molecule has 0 fully saturated rings. The molecule has 0 bridgehead atoms. The third-order valence-corrected chi connectivity index (χ3v) is 4.29. The molecule has 0 saturated heterocycles. The predicted molar refractivity (Wildman–Crippen MR) is 108 cm³/mol. The minimum Gasteiger partial charge on any atom is -0.497 e. The fourth-order valence-electron chi connectivity index (χ4n) is 2.93. The molecule has 144 valence electrons. The van der Waals surface area contributed by atoms with Crippen molar-refractivity contribution in [3.63, 3.8) is 0 Å². The average Bonchev–Trinajstić information content (AvgIpc) is 3.09. The number of benzene rings is 1. The Morgan fingerprint density at radius 1 is 1.30 bits per heavy atom. The summed E-state index contributed by atoms with van der Waals surface area (Å²) < 4.78 is 12.4. The van der Waals surface area contributed by atoms with Gasteiger partial charge >= 0.3 is 0 Å². The van der Waals surface area contributed by atoms with Gasteiger partial charge in [-0.05, 0) is 30.7 Å². The molecule has 0 aliphatic rings. The van der Waals surface area contributed by atoms with Gasteiger partial charge in [-0.25, -0.2) is 4.68 Å². The predicted octanol–water partition coefficient (Wildman–Crippen LogP) is 3.34. The molecule has 2 aromatic rings. The number of hydrogen-bond donors (Lipinski definition) is 0. The van der Waals surface area contributed by atoms with Crippen LogP contribution in [-0.4, -0.2) is 49.0 Å². The van der Waals surface area contributed by atoms with E-state index in [-0.39, 0.29) is 11.8 Å². The highest BCUT2D eigenvalue weighted by atomic mass is 16.5. The minimum absolute atomic E-state index is 0.0377. The van der Waals surface area contributed by atoms with Crippen LogP contribution in [0, 0.1) is 0 Å². The van der Waals surface area contributed by atoms with Crippen LogP contribution in [0.25, 0.3) is 0 Å². The van der Waals surface area contributed by atoms with Crippen molar-refractivity contribution in [2.75, 3.05) is 32.3 Å². The van der Waals surface area contributed by atoms with E-state index in [2.05, 4.69) is 23.2 Å². The molecule has 0 aliphatic heterocycles. The average molecular weight is 369 g/mol. The van der Waals surface area contributed by atoms with E-state index in [1.807, 2.05) is 35.9 Å². The van der Waals surface area contributed by atoms with E-state index < -0.39 is 0 Å². The van der Waals surface area contributed by atoms with Crippen LogP contribution in [0.4, 0.5) is 5.82 Å². The lowest BCUT2D eigenvalue weighted by atomic mass is 10.1. The number of ether oxygens (including phenoxy) is 2. The van der Waals surface area contributed by atoms with Crippen LogP contribution in [0.3, 0.4) is 0 Å². The topological polar surface area (TPSA) is 56.6 Å². The number of nitrogens with zero attached hydrogens (tertiary/aromatic N) is 3. The lowest BCUT2D eigenvalue weighted by Gasteiger charge is -2.31. The normalized spacial score (nSPS) is 11.7. The Morgan fingerprint density at radius 2 is 2.00 bits per heavy atom. The molecule has 27 heavy (non-hydrogen) atoms. The number of aromatic nitrogens is 2. The molecule has 6 nitrogen and oxygen atoms in total. The van der Waals surface area contributed by atoms with Crippen LogP contribution < -0.4 is 9.64 Å². The third kappa shape index (κ3) is 4.86. The molecule has 0 saturated carbocycles. The first-order valence-electron chi connectivity index (χ1n) is 8.77. The zero-order valence-electron chi connectivity index (χ0n) is 16.2. The molecule has 1 aromatic carbocycles. The summed E-state index contributed by atoms with van der Waals surface area (Å²) in [7, 11) is 3.30. The summed E-state index contributed by atoms with van der Waals surface area (Å²) in [5.74, 6) is 1.37. The van der Waals surface area contributed by atoms with Crippen LogP contribution in [0.5, 0.6) is 5.75 Å². The molecular formula is C21H27N3O3. The van der Waals surface area contributed by atoms with E-state index >= 15 is 0 Å². The number of allylic oxidation sites excluding steroid dienone is 1. The van der Waals surface area contributed by atoms with Gasteiger partial charge in [0.15, 0.2) is 5.78 Å². The van der Waals surface area contributed by atoms with Gasteiger partial charge in [-0.3, -0.25) is 4.79 Å². The Labute approximate surface area is 160 Å². The molecule has 0 N–H and O–H groups in total. The zero-order chi connectivity index (χ0) is 19.8. The second-order valence-electron chi connectivity index (χ2n) is 6.20. The molecule has 0 aliphatic carbocycles. The standard InChI is InChI=1S/C21H27N3O3/c1-6-12-23(16(3)15-26-4)21-19(20(25)7-2)13-22-24(21)14-17-8-10-18(27-5)11-9-17/h6-11,13,16H,1-2,12,14-15H2,3-5H3. The molecule has 1 unspecified atom stereocenters. The SMILES string of the molecule is C=CCN(c1c(C(=O)C=C)cnn1Cc1ccc(OC)cc1)C(C)COC. The lowest BCUT2D eigenvalue weighted by Crippen LogP contribution is -2.39. The molecule has 1 heterocycles. The van der Waals surface area contributed by atoms with Crippen LogP contribution in [0.2, 0.25) is 0 Å². The molecular weight excluding hydrogens is 342 g/mol. The molecule has 1 atom stereocenters. The highest BCUT2D eigenvalue weighted by molar-refractivity contribution is 6.07. The van der Waals surface area contributed by atoms with E-state index in [1.165, 1.54) is 6.08 Å². The van der Waals surface area contributed by atoms with Crippen molar-refractivity contribution in [3.05, 3.63) is 66.9 Å². The van der Waals surface area contributed by atoms with Gasteiger partial charge in [0, 0.05) is 13.7 Å². The summed E-state index contributed by atoms with van der Waals surface area (Å²) in [6, 6.07) is 7.81. The zero-order valence-corrected chi connectivity index (χ0v) is 16.2. The Morgan fingerprint density at radius 3 is 2.56 bits per heavy atom. The first-order chi connectivity index (χ1) is 13.0. The summed E-state index contributed by atoms with van der Waals surface area (Å²) in [5.41, 5.74) is 1.57. The first-order valence-corrected chi connectivity index (χ1v) is 8.77. The summed E-state index contributed by atoms with van der Waals surface area (Å²) in [6.07, 6.45) is 4.71. The molecule has 1 aromatic heterocycles. The summed E-state index contributed by atoms with van der Waals surface area (Å²) in [4.78, 5) is 14.5. The smallest absolute Gasteiger partial charge is 0.190 e.